The van der Waals surface area contributed by atoms with E-state index in [-0.39, 0.29) is 22.4 Å². The monoisotopic (exact) mass is 358 g/mol. The summed E-state index contributed by atoms with van der Waals surface area (Å²) in [6, 6.07) is 15.3. The second kappa shape index (κ2) is 9.03. The Balaban J connectivity index is 2.19. The van der Waals surface area contributed by atoms with Gasteiger partial charge in [0.1, 0.15) is 5.75 Å². The Labute approximate surface area is 150 Å². The molecule has 0 fully saturated rings. The summed E-state index contributed by atoms with van der Waals surface area (Å²) in [5.41, 5.74) is 1.08. The van der Waals surface area contributed by atoms with Crippen molar-refractivity contribution in [3.8, 4) is 5.75 Å². The predicted octanol–water partition coefficient (Wildman–Crippen LogP) is 2.97. The van der Waals surface area contributed by atoms with Gasteiger partial charge in [-0.05, 0) is 47.3 Å². The van der Waals surface area contributed by atoms with Crippen molar-refractivity contribution in [1.29, 1.82) is 0 Å². The molecule has 2 aromatic rings. The van der Waals surface area contributed by atoms with Crippen LogP contribution < -0.4 is 4.74 Å². The normalized spacial score (nSPS) is 11.3. The van der Waals surface area contributed by atoms with Crippen molar-refractivity contribution in [3.05, 3.63) is 65.7 Å². The molecule has 25 heavy (non-hydrogen) atoms. The largest absolute Gasteiger partial charge is 0.497 e. The molecule has 6 heteroatoms. The maximum absolute atomic E-state index is 12.7. The molecule has 0 saturated carbocycles. The lowest BCUT2D eigenvalue weighted by molar-refractivity contribution is 0.0515. The van der Waals surface area contributed by atoms with E-state index < -0.39 is 5.97 Å². The highest BCUT2D eigenvalue weighted by atomic mass is 32.2. The van der Waals surface area contributed by atoms with Crippen LogP contribution in [0, 0.1) is 0 Å². The van der Waals surface area contributed by atoms with Crippen molar-refractivity contribution in [2.24, 2.45) is 5.16 Å². The van der Waals surface area contributed by atoms with Crippen molar-refractivity contribution < 1.29 is 19.2 Å². The van der Waals surface area contributed by atoms with Crippen LogP contribution in [0.1, 0.15) is 20.7 Å². The molecule has 0 bridgehead atoms. The lowest BCUT2D eigenvalue weighted by atomic mass is 10.1. The lowest BCUT2D eigenvalue weighted by Gasteiger charge is -2.05. The van der Waals surface area contributed by atoms with Crippen LogP contribution in [0.5, 0.6) is 5.75 Å². The zero-order chi connectivity index (χ0) is 18.2. The van der Waals surface area contributed by atoms with Crippen molar-refractivity contribution >= 4 is 28.4 Å². The van der Waals surface area contributed by atoms with Crippen LogP contribution in [0.25, 0.3) is 0 Å². The van der Waals surface area contributed by atoms with Gasteiger partial charge in [0, 0.05) is 5.56 Å². The van der Waals surface area contributed by atoms with E-state index in [4.69, 9.17) is 9.57 Å². The Morgan fingerprint density at radius 3 is 2.16 bits per heavy atom. The van der Waals surface area contributed by atoms with Gasteiger partial charge in [-0.15, -0.1) is 0 Å². The molecule has 0 aliphatic rings. The molecule has 0 amide bonds. The molecule has 2 rings (SSSR count). The highest BCUT2D eigenvalue weighted by Gasteiger charge is 2.22. The van der Waals surface area contributed by atoms with Crippen molar-refractivity contribution in [2.75, 3.05) is 25.4 Å². The van der Waals surface area contributed by atoms with Gasteiger partial charge in [0.05, 0.1) is 25.2 Å². The van der Waals surface area contributed by atoms with Gasteiger partial charge in [0.2, 0.25) is 5.78 Å². The van der Waals surface area contributed by atoms with Gasteiger partial charge < -0.3 is 9.57 Å². The molecule has 0 atom stereocenters. The first kappa shape index (κ1) is 18.7. The molecule has 0 heterocycles. The lowest BCUT2D eigenvalue weighted by Crippen LogP contribution is -2.24. The summed E-state index contributed by atoms with van der Waals surface area (Å²) in [4.78, 5) is 29.7. The number of hydrogen-bond donors (Lipinski definition) is 0. The number of methoxy groups -OCH3 is 1. The van der Waals surface area contributed by atoms with E-state index in [0.717, 1.165) is 0 Å². The summed E-state index contributed by atoms with van der Waals surface area (Å²) in [6.07, 6.45) is 3.99. The fourth-order valence-corrected chi connectivity index (χ4v) is 2.77. The molecule has 5 nitrogen and oxygen atoms in total. The van der Waals surface area contributed by atoms with Gasteiger partial charge in [-0.25, -0.2) is 4.79 Å². The first-order chi connectivity index (χ1) is 12.0. The topological polar surface area (TPSA) is 65.0 Å². The summed E-state index contributed by atoms with van der Waals surface area (Å²) >= 11 is 0. The SMILES string of the molecule is COc1ccc(C(=O)C(C[S+](C)C)=NOC(=O)c2ccccc2)cc1. The van der Waals surface area contributed by atoms with Crippen LogP contribution in [0.15, 0.2) is 59.8 Å². The molecular weight excluding hydrogens is 338 g/mol. The van der Waals surface area contributed by atoms with Gasteiger partial charge in [-0.3, -0.25) is 4.79 Å². The molecule has 0 radical (unpaired) electrons. The Morgan fingerprint density at radius 1 is 0.960 bits per heavy atom. The Bertz CT molecular complexity index is 755. The molecule has 0 unspecified atom stereocenters. The number of hydrogen-bond acceptors (Lipinski definition) is 5. The number of oxime groups is 1. The van der Waals surface area contributed by atoms with Crippen LogP contribution in [0.4, 0.5) is 0 Å². The number of Topliss-reactive ketones (excluding diaryl/α,β-unsaturated/α-hetero) is 1. The summed E-state index contributed by atoms with van der Waals surface area (Å²) in [7, 11) is 1.49. The zero-order valence-electron chi connectivity index (χ0n) is 14.4. The minimum atomic E-state index is -0.590. The fraction of sp³-hybridized carbons (Fsp3) is 0.211. The van der Waals surface area contributed by atoms with E-state index in [9.17, 15) is 9.59 Å². The smallest absolute Gasteiger partial charge is 0.365 e. The molecule has 0 spiro atoms. The third kappa shape index (κ3) is 5.46. The number of nitrogens with zero attached hydrogens (tertiary/aromatic N) is 1. The quantitative estimate of drug-likeness (QED) is 0.251. The zero-order valence-corrected chi connectivity index (χ0v) is 15.2. The average Bonchev–Trinajstić information content (AvgIpc) is 2.64. The maximum Gasteiger partial charge on any atom is 0.365 e. The third-order valence-electron chi connectivity index (χ3n) is 3.29. The number of carbonyl (C=O) groups excluding carboxylic acids is 2. The highest BCUT2D eigenvalue weighted by Crippen LogP contribution is 2.13. The molecule has 0 N–H and O–H groups in total. The van der Waals surface area contributed by atoms with E-state index in [1.807, 2.05) is 12.5 Å². The average molecular weight is 358 g/mol. The number of ketones is 1. The summed E-state index contributed by atoms with van der Waals surface area (Å²) in [6.45, 7) is 0. The molecule has 130 valence electrons. The van der Waals surface area contributed by atoms with E-state index in [1.54, 1.807) is 61.7 Å². The van der Waals surface area contributed by atoms with E-state index >= 15 is 0 Å². The highest BCUT2D eigenvalue weighted by molar-refractivity contribution is 7.96. The molecule has 0 saturated heterocycles. The molecular formula is C19H20NO4S+. The Morgan fingerprint density at radius 2 is 1.60 bits per heavy atom. The molecule has 2 aromatic carbocycles. The maximum atomic E-state index is 12.7. The standard InChI is InChI=1S/C19H20NO4S/c1-23-16-11-9-14(10-12-16)18(21)17(13-25(2)3)20-24-19(22)15-7-5-4-6-8-15/h4-12H,13H2,1-3H3/q+1. The third-order valence-corrected chi connectivity index (χ3v) is 4.14. The number of carbonyl (C=O) groups is 2. The molecule has 0 aliphatic heterocycles. The van der Waals surface area contributed by atoms with E-state index in [2.05, 4.69) is 5.16 Å². The first-order valence-corrected chi connectivity index (χ1v) is 9.78. The van der Waals surface area contributed by atoms with Crippen LogP contribution >= 0.6 is 0 Å². The van der Waals surface area contributed by atoms with Gasteiger partial charge in [0.15, 0.2) is 11.5 Å². The summed E-state index contributed by atoms with van der Waals surface area (Å²) < 4.78 is 5.09. The van der Waals surface area contributed by atoms with Crippen LogP contribution in [-0.2, 0) is 15.7 Å². The minimum absolute atomic E-state index is 0.0728. The van der Waals surface area contributed by atoms with Gasteiger partial charge in [-0.2, -0.15) is 0 Å². The summed E-state index contributed by atoms with van der Waals surface area (Å²) in [5.74, 6) is 0.251. The Hall–Kier alpha value is -2.60. The van der Waals surface area contributed by atoms with Crippen molar-refractivity contribution in [2.45, 2.75) is 0 Å². The van der Waals surface area contributed by atoms with Crippen molar-refractivity contribution in [1.82, 2.24) is 0 Å². The second-order valence-corrected chi connectivity index (χ2v) is 7.73. The van der Waals surface area contributed by atoms with Gasteiger partial charge >= 0.3 is 5.97 Å². The molecule has 0 aromatic heterocycles. The number of rotatable bonds is 7. The van der Waals surface area contributed by atoms with Crippen molar-refractivity contribution in [3.63, 3.8) is 0 Å². The van der Waals surface area contributed by atoms with Crippen LogP contribution in [0.3, 0.4) is 0 Å². The van der Waals surface area contributed by atoms with Gasteiger partial charge in [0.25, 0.3) is 0 Å². The van der Waals surface area contributed by atoms with E-state index in [0.29, 0.717) is 22.6 Å². The van der Waals surface area contributed by atoms with Crippen LogP contribution in [-0.4, -0.2) is 42.8 Å². The number of benzene rings is 2. The van der Waals surface area contributed by atoms with Crippen LogP contribution in [0.2, 0.25) is 0 Å². The predicted molar refractivity (Wildman–Crippen MR) is 101 cm³/mol. The summed E-state index contributed by atoms with van der Waals surface area (Å²) in [5, 5.41) is 3.85. The van der Waals surface area contributed by atoms with Gasteiger partial charge in [-0.1, -0.05) is 23.4 Å². The minimum Gasteiger partial charge on any atom is -0.497 e. The second-order valence-electron chi connectivity index (χ2n) is 5.47. The first-order valence-electron chi connectivity index (χ1n) is 7.57. The molecule has 0 aliphatic carbocycles. The Kier molecular flexibility index (Phi) is 6.77. The fourth-order valence-electron chi connectivity index (χ4n) is 2.04. The number of ether oxygens (including phenoxy) is 1. The van der Waals surface area contributed by atoms with E-state index in [1.165, 1.54) is 0 Å².